The zero-order valence-electron chi connectivity index (χ0n) is 10.3. The van der Waals surface area contributed by atoms with Gasteiger partial charge >= 0.3 is 5.97 Å². The largest absolute Gasteiger partial charge is 0.478 e. The van der Waals surface area contributed by atoms with Gasteiger partial charge < -0.3 is 14.9 Å². The topological polar surface area (TPSA) is 43.8 Å². The van der Waals surface area contributed by atoms with E-state index in [-0.39, 0.29) is 0 Å². The van der Waals surface area contributed by atoms with Crippen molar-refractivity contribution in [2.75, 3.05) is 32.1 Å². The van der Waals surface area contributed by atoms with Gasteiger partial charge in [-0.1, -0.05) is 6.07 Å². The molecule has 1 aliphatic rings. The molecule has 2 rings (SSSR count). The summed E-state index contributed by atoms with van der Waals surface area (Å²) in [6, 6.07) is 7.72. The molecule has 0 radical (unpaired) electrons. The number of carbonyl (C=O) groups is 1. The van der Waals surface area contributed by atoms with Crippen molar-refractivity contribution in [3.63, 3.8) is 0 Å². The maximum atomic E-state index is 10.9. The highest BCUT2D eigenvalue weighted by molar-refractivity contribution is 5.88. The van der Waals surface area contributed by atoms with Gasteiger partial charge in [-0.05, 0) is 38.7 Å². The van der Waals surface area contributed by atoms with Gasteiger partial charge in [-0.25, -0.2) is 4.79 Å². The second-order valence-corrected chi connectivity index (χ2v) is 4.71. The summed E-state index contributed by atoms with van der Waals surface area (Å²) in [6.45, 7) is 1.96. The fraction of sp³-hybridized carbons (Fsp3) is 0.462. The molecule has 0 unspecified atom stereocenters. The minimum atomic E-state index is -0.866. The summed E-state index contributed by atoms with van der Waals surface area (Å²) in [5, 5.41) is 8.97. The summed E-state index contributed by atoms with van der Waals surface area (Å²) in [5.74, 6) is -0.866. The van der Waals surface area contributed by atoms with Crippen molar-refractivity contribution < 1.29 is 9.90 Å². The number of benzene rings is 1. The lowest BCUT2D eigenvalue weighted by atomic mass is 10.2. The molecule has 0 spiro atoms. The Balaban J connectivity index is 2.13. The normalized spacial score (nSPS) is 19.9. The third-order valence-corrected chi connectivity index (χ3v) is 3.35. The first kappa shape index (κ1) is 11.9. The van der Waals surface area contributed by atoms with Crippen LogP contribution >= 0.6 is 0 Å². The average molecular weight is 234 g/mol. The number of hydrogen-bond donors (Lipinski definition) is 1. The molecule has 1 saturated heterocycles. The number of nitrogens with zero attached hydrogens (tertiary/aromatic N) is 2. The monoisotopic (exact) mass is 234 g/mol. The molecule has 1 aromatic carbocycles. The van der Waals surface area contributed by atoms with Gasteiger partial charge in [-0.15, -0.1) is 0 Å². The van der Waals surface area contributed by atoms with Gasteiger partial charge in [0.2, 0.25) is 0 Å². The third kappa shape index (κ3) is 2.58. The summed E-state index contributed by atoms with van der Waals surface area (Å²) in [4.78, 5) is 15.4. The molecule has 0 saturated carbocycles. The average Bonchev–Trinajstić information content (AvgIpc) is 2.78. The van der Waals surface area contributed by atoms with E-state index in [4.69, 9.17) is 5.11 Å². The van der Waals surface area contributed by atoms with Crippen LogP contribution in [0.4, 0.5) is 5.69 Å². The second-order valence-electron chi connectivity index (χ2n) is 4.71. The van der Waals surface area contributed by atoms with Crippen molar-refractivity contribution in [3.05, 3.63) is 29.8 Å². The van der Waals surface area contributed by atoms with Gasteiger partial charge in [0.1, 0.15) is 0 Å². The maximum Gasteiger partial charge on any atom is 0.335 e. The lowest BCUT2D eigenvalue weighted by Gasteiger charge is -2.22. The Morgan fingerprint density at radius 1 is 1.47 bits per heavy atom. The summed E-state index contributed by atoms with van der Waals surface area (Å²) in [7, 11) is 4.17. The number of aromatic carboxylic acids is 1. The summed E-state index contributed by atoms with van der Waals surface area (Å²) >= 11 is 0. The van der Waals surface area contributed by atoms with Crippen LogP contribution in [0, 0.1) is 0 Å². The molecule has 4 nitrogen and oxygen atoms in total. The lowest BCUT2D eigenvalue weighted by molar-refractivity contribution is 0.0697. The molecule has 92 valence electrons. The first-order chi connectivity index (χ1) is 8.08. The molecule has 1 heterocycles. The third-order valence-electron chi connectivity index (χ3n) is 3.35. The summed E-state index contributed by atoms with van der Waals surface area (Å²) in [6.07, 6.45) is 1.13. The van der Waals surface area contributed by atoms with Crippen LogP contribution in [0.1, 0.15) is 16.8 Å². The van der Waals surface area contributed by atoms with E-state index in [0.717, 1.165) is 25.2 Å². The number of carboxylic acids is 1. The van der Waals surface area contributed by atoms with Crippen LogP contribution in [0.15, 0.2) is 24.3 Å². The van der Waals surface area contributed by atoms with E-state index >= 15 is 0 Å². The van der Waals surface area contributed by atoms with Gasteiger partial charge in [-0.2, -0.15) is 0 Å². The van der Waals surface area contributed by atoms with Gasteiger partial charge in [0.15, 0.2) is 0 Å². The van der Waals surface area contributed by atoms with Crippen molar-refractivity contribution in [3.8, 4) is 0 Å². The first-order valence-corrected chi connectivity index (χ1v) is 5.82. The van der Waals surface area contributed by atoms with Gasteiger partial charge in [0.25, 0.3) is 0 Å². The van der Waals surface area contributed by atoms with Crippen molar-refractivity contribution >= 4 is 11.7 Å². The van der Waals surface area contributed by atoms with Crippen LogP contribution in [0.2, 0.25) is 0 Å². The second kappa shape index (κ2) is 4.75. The molecule has 1 fully saturated rings. The van der Waals surface area contributed by atoms with E-state index in [0.29, 0.717) is 11.6 Å². The quantitative estimate of drug-likeness (QED) is 0.861. The minimum absolute atomic E-state index is 0.357. The van der Waals surface area contributed by atoms with E-state index < -0.39 is 5.97 Å². The number of hydrogen-bond acceptors (Lipinski definition) is 3. The minimum Gasteiger partial charge on any atom is -0.478 e. The Bertz CT molecular complexity index is 418. The SMILES string of the molecule is CN(C)[C@H]1CCN(c2cccc(C(=O)O)c2)C1. The Labute approximate surface area is 101 Å². The first-order valence-electron chi connectivity index (χ1n) is 5.82. The Morgan fingerprint density at radius 2 is 2.24 bits per heavy atom. The fourth-order valence-corrected chi connectivity index (χ4v) is 2.23. The van der Waals surface area contributed by atoms with Crippen LogP contribution in [0.3, 0.4) is 0 Å². The van der Waals surface area contributed by atoms with Crippen molar-refractivity contribution in [1.29, 1.82) is 0 Å². The predicted octanol–water partition coefficient (Wildman–Crippen LogP) is 1.53. The van der Waals surface area contributed by atoms with Crippen molar-refractivity contribution in [2.45, 2.75) is 12.5 Å². The van der Waals surface area contributed by atoms with E-state index in [9.17, 15) is 4.79 Å². The molecule has 17 heavy (non-hydrogen) atoms. The zero-order chi connectivity index (χ0) is 12.4. The van der Waals surface area contributed by atoms with Crippen molar-refractivity contribution in [1.82, 2.24) is 4.90 Å². The number of rotatable bonds is 3. The number of carboxylic acid groups (broad SMARTS) is 1. The van der Waals surface area contributed by atoms with E-state index in [1.54, 1.807) is 12.1 Å². The van der Waals surface area contributed by atoms with Gasteiger partial charge in [0, 0.05) is 24.8 Å². The molecule has 0 amide bonds. The molecule has 1 N–H and O–H groups in total. The van der Waals surface area contributed by atoms with Gasteiger partial charge in [-0.3, -0.25) is 0 Å². The fourth-order valence-electron chi connectivity index (χ4n) is 2.23. The van der Waals surface area contributed by atoms with Gasteiger partial charge in [0.05, 0.1) is 5.56 Å². The predicted molar refractivity (Wildman–Crippen MR) is 67.7 cm³/mol. The maximum absolute atomic E-state index is 10.9. The van der Waals surface area contributed by atoms with Crippen LogP contribution in [0.5, 0.6) is 0 Å². The van der Waals surface area contributed by atoms with E-state index in [2.05, 4.69) is 23.9 Å². The molecule has 0 aromatic heterocycles. The molecule has 0 bridgehead atoms. The van der Waals surface area contributed by atoms with E-state index in [1.807, 2.05) is 12.1 Å². The standard InChI is InChI=1S/C13H18N2O2/c1-14(2)12-6-7-15(9-12)11-5-3-4-10(8-11)13(16)17/h3-5,8,12H,6-7,9H2,1-2H3,(H,16,17)/t12-/m0/s1. The summed E-state index contributed by atoms with van der Waals surface area (Å²) in [5.41, 5.74) is 1.37. The number of anilines is 1. The Hall–Kier alpha value is -1.55. The lowest BCUT2D eigenvalue weighted by Crippen LogP contribution is -2.31. The highest BCUT2D eigenvalue weighted by Gasteiger charge is 2.24. The molecule has 1 aliphatic heterocycles. The molecule has 4 heteroatoms. The summed E-state index contributed by atoms with van der Waals surface area (Å²) < 4.78 is 0. The Morgan fingerprint density at radius 3 is 2.82 bits per heavy atom. The molecular weight excluding hydrogens is 216 g/mol. The molecule has 1 aromatic rings. The van der Waals surface area contributed by atoms with Crippen LogP contribution in [-0.2, 0) is 0 Å². The molecule has 1 atom stereocenters. The van der Waals surface area contributed by atoms with Crippen LogP contribution < -0.4 is 4.90 Å². The number of likely N-dealkylation sites (N-methyl/N-ethyl adjacent to an activating group) is 1. The smallest absolute Gasteiger partial charge is 0.335 e. The van der Waals surface area contributed by atoms with Crippen LogP contribution in [-0.4, -0.2) is 49.2 Å². The zero-order valence-corrected chi connectivity index (χ0v) is 10.3. The molecule has 0 aliphatic carbocycles. The molecular formula is C13H18N2O2. The highest BCUT2D eigenvalue weighted by atomic mass is 16.4. The Kier molecular flexibility index (Phi) is 3.33. The van der Waals surface area contributed by atoms with E-state index in [1.165, 1.54) is 0 Å². The highest BCUT2D eigenvalue weighted by Crippen LogP contribution is 2.23. The van der Waals surface area contributed by atoms with Crippen LogP contribution in [0.25, 0.3) is 0 Å². The van der Waals surface area contributed by atoms with Crippen molar-refractivity contribution in [2.24, 2.45) is 0 Å².